The summed E-state index contributed by atoms with van der Waals surface area (Å²) in [6.07, 6.45) is 4.09. The minimum Gasteiger partial charge on any atom is -0.396 e. The molecule has 1 aromatic heterocycles. The molecule has 0 saturated carbocycles. The zero-order chi connectivity index (χ0) is 14.4. The monoisotopic (exact) mass is 274 g/mol. The number of hydrogen-bond donors (Lipinski definition) is 2. The molecule has 0 radical (unpaired) electrons. The first kappa shape index (κ1) is 14.7. The molecule has 1 atom stereocenters. The molecular formula is C15H22N4O. The molecule has 2 rings (SSSR count). The first-order chi connectivity index (χ1) is 9.70. The molecule has 0 aliphatic carbocycles. The summed E-state index contributed by atoms with van der Waals surface area (Å²) in [4.78, 5) is 3.97. The van der Waals surface area contributed by atoms with Crippen molar-refractivity contribution < 1.29 is 5.11 Å². The first-order valence-corrected chi connectivity index (χ1v) is 6.97. The van der Waals surface area contributed by atoms with Crippen molar-refractivity contribution in [3.8, 4) is 5.69 Å². The van der Waals surface area contributed by atoms with Crippen LogP contribution in [0.1, 0.15) is 24.5 Å². The van der Waals surface area contributed by atoms with Crippen LogP contribution in [0.5, 0.6) is 0 Å². The van der Waals surface area contributed by atoms with Crippen LogP contribution in [0.4, 0.5) is 0 Å². The Morgan fingerprint density at radius 3 is 2.90 bits per heavy atom. The smallest absolute Gasteiger partial charge is 0.138 e. The Morgan fingerprint density at radius 1 is 1.40 bits per heavy atom. The van der Waals surface area contributed by atoms with Gasteiger partial charge in [-0.15, -0.1) is 0 Å². The molecule has 20 heavy (non-hydrogen) atoms. The standard InChI is InChI=1S/C15H22N4O/c1-12(5-6-20)8-16-9-14-3-4-15(13(2)7-14)19-11-17-10-18-19/h3-4,7,10-12,16,20H,5-6,8-9H2,1-2H3. The number of aromatic nitrogens is 3. The maximum absolute atomic E-state index is 8.87. The highest BCUT2D eigenvalue weighted by Gasteiger charge is 2.04. The largest absolute Gasteiger partial charge is 0.396 e. The molecule has 0 spiro atoms. The Kier molecular flexibility index (Phi) is 5.26. The number of aliphatic hydroxyl groups is 1. The molecular weight excluding hydrogens is 252 g/mol. The van der Waals surface area contributed by atoms with Gasteiger partial charge in [0.2, 0.25) is 0 Å². The predicted molar refractivity (Wildman–Crippen MR) is 78.7 cm³/mol. The van der Waals surface area contributed by atoms with E-state index in [-0.39, 0.29) is 6.61 Å². The second-order valence-corrected chi connectivity index (χ2v) is 5.21. The van der Waals surface area contributed by atoms with E-state index in [0.29, 0.717) is 5.92 Å². The van der Waals surface area contributed by atoms with E-state index in [4.69, 9.17) is 5.11 Å². The third-order valence-corrected chi connectivity index (χ3v) is 3.37. The zero-order valence-corrected chi connectivity index (χ0v) is 12.1. The molecule has 2 aromatic rings. The second-order valence-electron chi connectivity index (χ2n) is 5.21. The first-order valence-electron chi connectivity index (χ1n) is 6.97. The molecule has 1 aromatic carbocycles. The van der Waals surface area contributed by atoms with E-state index >= 15 is 0 Å². The van der Waals surface area contributed by atoms with Crippen molar-refractivity contribution in [3.05, 3.63) is 42.0 Å². The molecule has 5 nitrogen and oxygen atoms in total. The van der Waals surface area contributed by atoms with Crippen molar-refractivity contribution in [2.75, 3.05) is 13.2 Å². The van der Waals surface area contributed by atoms with Crippen molar-refractivity contribution in [2.24, 2.45) is 5.92 Å². The lowest BCUT2D eigenvalue weighted by Crippen LogP contribution is -2.21. The van der Waals surface area contributed by atoms with Crippen molar-refractivity contribution in [2.45, 2.75) is 26.8 Å². The molecule has 1 heterocycles. The van der Waals surface area contributed by atoms with Gasteiger partial charge in [-0.1, -0.05) is 19.1 Å². The summed E-state index contributed by atoms with van der Waals surface area (Å²) in [6, 6.07) is 6.34. The molecule has 0 amide bonds. The SMILES string of the molecule is Cc1cc(CNCC(C)CCO)ccc1-n1cncn1. The minimum atomic E-state index is 0.258. The molecule has 5 heteroatoms. The van der Waals surface area contributed by atoms with Crippen LogP contribution < -0.4 is 5.32 Å². The highest BCUT2D eigenvalue weighted by atomic mass is 16.3. The van der Waals surface area contributed by atoms with E-state index in [2.05, 4.69) is 47.4 Å². The molecule has 1 unspecified atom stereocenters. The van der Waals surface area contributed by atoms with Crippen molar-refractivity contribution in [1.29, 1.82) is 0 Å². The van der Waals surface area contributed by atoms with Gasteiger partial charge in [0, 0.05) is 13.2 Å². The summed E-state index contributed by atoms with van der Waals surface area (Å²) in [5.74, 6) is 0.496. The number of benzene rings is 1. The maximum atomic E-state index is 8.87. The lowest BCUT2D eigenvalue weighted by Gasteiger charge is -2.12. The number of hydrogen-bond acceptors (Lipinski definition) is 4. The van der Waals surface area contributed by atoms with Crippen LogP contribution in [0.15, 0.2) is 30.9 Å². The molecule has 0 fully saturated rings. The van der Waals surface area contributed by atoms with Crippen LogP contribution >= 0.6 is 0 Å². The number of aryl methyl sites for hydroxylation is 1. The lowest BCUT2D eigenvalue weighted by atomic mass is 10.1. The summed E-state index contributed by atoms with van der Waals surface area (Å²) in [5.41, 5.74) is 3.49. The van der Waals surface area contributed by atoms with Crippen LogP contribution in [0, 0.1) is 12.8 Å². The van der Waals surface area contributed by atoms with Crippen molar-refractivity contribution in [3.63, 3.8) is 0 Å². The molecule has 0 saturated heterocycles. The van der Waals surface area contributed by atoms with E-state index in [9.17, 15) is 0 Å². The molecule has 2 N–H and O–H groups in total. The third kappa shape index (κ3) is 3.88. The van der Waals surface area contributed by atoms with Gasteiger partial charge in [-0.2, -0.15) is 5.10 Å². The lowest BCUT2D eigenvalue weighted by molar-refractivity contribution is 0.260. The molecule has 0 aliphatic rings. The van der Waals surface area contributed by atoms with Crippen LogP contribution in [0.3, 0.4) is 0 Å². The van der Waals surface area contributed by atoms with E-state index in [1.54, 1.807) is 11.0 Å². The van der Waals surface area contributed by atoms with Gasteiger partial charge in [0.05, 0.1) is 5.69 Å². The number of nitrogens with zero attached hydrogens (tertiary/aromatic N) is 3. The number of aliphatic hydroxyl groups excluding tert-OH is 1. The van der Waals surface area contributed by atoms with Gasteiger partial charge >= 0.3 is 0 Å². The Hall–Kier alpha value is -1.72. The molecule has 108 valence electrons. The van der Waals surface area contributed by atoms with Gasteiger partial charge < -0.3 is 10.4 Å². The quantitative estimate of drug-likeness (QED) is 0.806. The van der Waals surface area contributed by atoms with E-state index < -0.39 is 0 Å². The van der Waals surface area contributed by atoms with E-state index in [1.165, 1.54) is 17.5 Å². The Labute approximate surface area is 119 Å². The summed E-state index contributed by atoms with van der Waals surface area (Å²) in [7, 11) is 0. The van der Waals surface area contributed by atoms with Gasteiger partial charge in [-0.3, -0.25) is 0 Å². The maximum Gasteiger partial charge on any atom is 0.138 e. The minimum absolute atomic E-state index is 0.258. The topological polar surface area (TPSA) is 63.0 Å². The van der Waals surface area contributed by atoms with E-state index in [1.807, 2.05) is 0 Å². The van der Waals surface area contributed by atoms with Gasteiger partial charge in [-0.25, -0.2) is 9.67 Å². The fraction of sp³-hybridized carbons (Fsp3) is 0.467. The summed E-state index contributed by atoms with van der Waals surface area (Å²) in [5, 5.41) is 16.4. The fourth-order valence-corrected chi connectivity index (χ4v) is 2.20. The van der Waals surface area contributed by atoms with Gasteiger partial charge in [0.15, 0.2) is 0 Å². The van der Waals surface area contributed by atoms with Crippen LogP contribution in [-0.2, 0) is 6.54 Å². The van der Waals surface area contributed by atoms with Crippen LogP contribution in [-0.4, -0.2) is 33.0 Å². The Balaban J connectivity index is 1.93. The second kappa shape index (κ2) is 7.17. The normalized spacial score (nSPS) is 12.6. The predicted octanol–water partition coefficient (Wildman–Crippen LogP) is 1.68. The summed E-state index contributed by atoms with van der Waals surface area (Å²) >= 11 is 0. The van der Waals surface area contributed by atoms with Crippen LogP contribution in [0.25, 0.3) is 5.69 Å². The summed E-state index contributed by atoms with van der Waals surface area (Å²) in [6.45, 7) is 6.24. The van der Waals surface area contributed by atoms with Crippen LogP contribution in [0.2, 0.25) is 0 Å². The van der Waals surface area contributed by atoms with Gasteiger partial charge in [0.1, 0.15) is 12.7 Å². The number of nitrogens with one attached hydrogen (secondary N) is 1. The molecule has 0 aliphatic heterocycles. The van der Waals surface area contributed by atoms with Gasteiger partial charge in [0.25, 0.3) is 0 Å². The zero-order valence-electron chi connectivity index (χ0n) is 12.1. The Morgan fingerprint density at radius 2 is 2.25 bits per heavy atom. The van der Waals surface area contributed by atoms with Gasteiger partial charge in [-0.05, 0) is 43.0 Å². The summed E-state index contributed by atoms with van der Waals surface area (Å²) < 4.78 is 1.77. The molecule has 0 bridgehead atoms. The average Bonchev–Trinajstić information content (AvgIpc) is 2.93. The highest BCUT2D eigenvalue weighted by Crippen LogP contribution is 2.14. The average molecular weight is 274 g/mol. The van der Waals surface area contributed by atoms with E-state index in [0.717, 1.165) is 25.2 Å². The third-order valence-electron chi connectivity index (χ3n) is 3.37. The number of rotatable bonds is 7. The van der Waals surface area contributed by atoms with Crippen molar-refractivity contribution >= 4 is 0 Å². The fourth-order valence-electron chi connectivity index (χ4n) is 2.20. The Bertz CT molecular complexity index is 525. The van der Waals surface area contributed by atoms with Crippen molar-refractivity contribution in [1.82, 2.24) is 20.1 Å². The highest BCUT2D eigenvalue weighted by molar-refractivity contribution is 5.41.